The molecule has 0 bridgehead atoms. The minimum Gasteiger partial charge on any atom is -0.485 e. The molecule has 1 amide bonds. The second-order valence-corrected chi connectivity index (χ2v) is 8.78. The van der Waals surface area contributed by atoms with E-state index in [2.05, 4.69) is 16.3 Å². The second kappa shape index (κ2) is 11.4. The summed E-state index contributed by atoms with van der Waals surface area (Å²) in [6.07, 6.45) is 0. The van der Waals surface area contributed by atoms with E-state index in [0.717, 1.165) is 22.6 Å². The molecule has 1 aromatic heterocycles. The number of nitrogens with zero attached hydrogens (tertiary/aromatic N) is 5. The molecule has 0 aliphatic rings. The van der Waals surface area contributed by atoms with Crippen LogP contribution in [0.4, 0.5) is 5.69 Å². The Morgan fingerprint density at radius 3 is 2.29 bits per heavy atom. The van der Waals surface area contributed by atoms with E-state index in [9.17, 15) is 10.1 Å². The number of hydrogen-bond acceptors (Lipinski definition) is 6. The zero-order chi connectivity index (χ0) is 24.6. The molecule has 0 fully saturated rings. The van der Waals surface area contributed by atoms with E-state index in [1.54, 1.807) is 0 Å². The normalized spacial score (nSPS) is 10.5. The number of nitriles is 1. The molecule has 176 valence electrons. The van der Waals surface area contributed by atoms with Crippen molar-refractivity contribution in [1.29, 1.82) is 5.26 Å². The maximum atomic E-state index is 13.0. The Labute approximate surface area is 209 Å². The Hall–Kier alpha value is -4.09. The molecule has 0 saturated carbocycles. The van der Waals surface area contributed by atoms with Gasteiger partial charge in [-0.15, -0.1) is 10.2 Å². The molecule has 0 spiro atoms. The third kappa shape index (κ3) is 5.70. The van der Waals surface area contributed by atoms with Crippen molar-refractivity contribution < 1.29 is 9.53 Å². The van der Waals surface area contributed by atoms with Gasteiger partial charge in [0, 0.05) is 11.4 Å². The maximum absolute atomic E-state index is 13.0. The van der Waals surface area contributed by atoms with Crippen molar-refractivity contribution >= 4 is 23.4 Å². The summed E-state index contributed by atoms with van der Waals surface area (Å²) in [5, 5.41) is 18.5. The molecular weight excluding hydrogens is 458 g/mol. The van der Waals surface area contributed by atoms with Gasteiger partial charge in [0.15, 0.2) is 11.0 Å². The Kier molecular flexibility index (Phi) is 7.81. The van der Waals surface area contributed by atoms with Gasteiger partial charge in [0.1, 0.15) is 18.9 Å². The van der Waals surface area contributed by atoms with Crippen molar-refractivity contribution in [3.63, 3.8) is 0 Å². The summed E-state index contributed by atoms with van der Waals surface area (Å²) in [5.41, 5.74) is 3.67. The minimum atomic E-state index is -0.182. The molecule has 0 saturated heterocycles. The SMILES string of the molecule is Cc1cccc(C)c1OCc1nnc(SCC(=O)N(CC#N)c2ccccc2)n1-c1ccccc1. The number of para-hydroxylation sites is 3. The molecule has 35 heavy (non-hydrogen) atoms. The predicted octanol–water partition coefficient (Wildman–Crippen LogP) is 5.11. The van der Waals surface area contributed by atoms with Gasteiger partial charge in [0.05, 0.1) is 11.8 Å². The van der Waals surface area contributed by atoms with Gasteiger partial charge in [0.25, 0.3) is 0 Å². The molecule has 0 radical (unpaired) electrons. The fourth-order valence-corrected chi connectivity index (χ4v) is 4.54. The molecule has 8 heteroatoms. The highest BCUT2D eigenvalue weighted by Gasteiger charge is 2.20. The minimum absolute atomic E-state index is 0.0242. The van der Waals surface area contributed by atoms with Crippen molar-refractivity contribution in [2.24, 2.45) is 0 Å². The topological polar surface area (TPSA) is 84.0 Å². The lowest BCUT2D eigenvalue weighted by Crippen LogP contribution is -2.32. The van der Waals surface area contributed by atoms with Crippen molar-refractivity contribution in [2.45, 2.75) is 25.6 Å². The van der Waals surface area contributed by atoms with Gasteiger partial charge in [-0.1, -0.05) is 66.4 Å². The van der Waals surface area contributed by atoms with E-state index in [4.69, 9.17) is 4.74 Å². The molecule has 3 aromatic carbocycles. The van der Waals surface area contributed by atoms with Crippen molar-refractivity contribution in [1.82, 2.24) is 14.8 Å². The quantitative estimate of drug-likeness (QED) is 0.243. The van der Waals surface area contributed by atoms with Crippen LogP contribution < -0.4 is 9.64 Å². The Morgan fingerprint density at radius 2 is 1.63 bits per heavy atom. The number of benzene rings is 3. The average molecular weight is 484 g/mol. The number of aromatic nitrogens is 3. The largest absolute Gasteiger partial charge is 0.485 e. The number of carbonyl (C=O) groups is 1. The number of carbonyl (C=O) groups excluding carboxylic acids is 1. The lowest BCUT2D eigenvalue weighted by atomic mass is 10.1. The van der Waals surface area contributed by atoms with Gasteiger partial charge in [-0.3, -0.25) is 14.3 Å². The van der Waals surface area contributed by atoms with Gasteiger partial charge >= 0.3 is 0 Å². The predicted molar refractivity (Wildman–Crippen MR) is 137 cm³/mol. The Morgan fingerprint density at radius 1 is 0.971 bits per heavy atom. The van der Waals surface area contributed by atoms with E-state index in [0.29, 0.717) is 16.7 Å². The first-order valence-electron chi connectivity index (χ1n) is 11.1. The number of rotatable bonds is 9. The molecule has 0 atom stereocenters. The van der Waals surface area contributed by atoms with Crippen LogP contribution in [0.25, 0.3) is 5.69 Å². The molecule has 0 unspecified atom stereocenters. The van der Waals surface area contributed by atoms with Crippen molar-refractivity contribution in [3.8, 4) is 17.5 Å². The fourth-order valence-electron chi connectivity index (χ4n) is 3.69. The average Bonchev–Trinajstić information content (AvgIpc) is 3.29. The second-order valence-electron chi connectivity index (χ2n) is 7.84. The first-order valence-corrected chi connectivity index (χ1v) is 12.1. The summed E-state index contributed by atoms with van der Waals surface area (Å²) in [6.45, 7) is 4.23. The van der Waals surface area contributed by atoms with Crippen LogP contribution in [0.2, 0.25) is 0 Å². The monoisotopic (exact) mass is 483 g/mol. The number of amides is 1. The molecule has 4 rings (SSSR count). The molecule has 0 aliphatic carbocycles. The van der Waals surface area contributed by atoms with Crippen LogP contribution in [0, 0.1) is 25.2 Å². The summed E-state index contributed by atoms with van der Waals surface area (Å²) >= 11 is 1.28. The molecule has 4 aromatic rings. The van der Waals surface area contributed by atoms with Crippen molar-refractivity contribution in [2.75, 3.05) is 17.2 Å². The molecular formula is C27H25N5O2S. The molecule has 0 N–H and O–H groups in total. The summed E-state index contributed by atoms with van der Waals surface area (Å²) in [6, 6.07) is 27.0. The molecule has 1 heterocycles. The summed E-state index contributed by atoms with van der Waals surface area (Å²) in [7, 11) is 0. The fraction of sp³-hybridized carbons (Fsp3) is 0.185. The highest BCUT2D eigenvalue weighted by molar-refractivity contribution is 7.99. The zero-order valence-electron chi connectivity index (χ0n) is 19.6. The molecule has 7 nitrogen and oxygen atoms in total. The van der Waals surface area contributed by atoms with Gasteiger partial charge in [0.2, 0.25) is 5.91 Å². The number of hydrogen-bond donors (Lipinski definition) is 0. The summed E-state index contributed by atoms with van der Waals surface area (Å²) in [4.78, 5) is 14.5. The standard InChI is InChI=1S/C27H25N5O2S/c1-20-10-9-11-21(2)26(20)34-18-24-29-30-27(32(24)23-14-7-4-8-15-23)35-19-25(33)31(17-16-28)22-12-5-3-6-13-22/h3-15H,17-19H2,1-2H3. The third-order valence-electron chi connectivity index (χ3n) is 5.39. The first-order chi connectivity index (χ1) is 17.1. The maximum Gasteiger partial charge on any atom is 0.238 e. The van der Waals surface area contributed by atoms with E-state index < -0.39 is 0 Å². The lowest BCUT2D eigenvalue weighted by Gasteiger charge is -2.19. The smallest absolute Gasteiger partial charge is 0.238 e. The van der Waals surface area contributed by atoms with E-state index in [1.165, 1.54) is 16.7 Å². The zero-order valence-corrected chi connectivity index (χ0v) is 20.4. The van der Waals surface area contributed by atoms with Gasteiger partial charge < -0.3 is 4.74 Å². The Bertz CT molecular complexity index is 1310. The molecule has 0 aliphatic heterocycles. The van der Waals surface area contributed by atoms with Crippen LogP contribution in [0.15, 0.2) is 84.0 Å². The van der Waals surface area contributed by atoms with Crippen LogP contribution in [-0.2, 0) is 11.4 Å². The number of anilines is 1. The summed E-state index contributed by atoms with van der Waals surface area (Å²) < 4.78 is 8.04. The van der Waals surface area contributed by atoms with Crippen LogP contribution in [0.5, 0.6) is 5.75 Å². The number of thioether (sulfide) groups is 1. The van der Waals surface area contributed by atoms with Crippen LogP contribution in [0.3, 0.4) is 0 Å². The first kappa shape index (κ1) is 24.0. The highest BCUT2D eigenvalue weighted by atomic mass is 32.2. The van der Waals surface area contributed by atoms with E-state index in [1.807, 2.05) is 97.3 Å². The van der Waals surface area contributed by atoms with E-state index >= 15 is 0 Å². The van der Waals surface area contributed by atoms with E-state index in [-0.39, 0.29) is 24.8 Å². The summed E-state index contributed by atoms with van der Waals surface area (Å²) in [5.74, 6) is 1.39. The van der Waals surface area contributed by atoms with Crippen molar-refractivity contribution in [3.05, 3.63) is 95.8 Å². The lowest BCUT2D eigenvalue weighted by molar-refractivity contribution is -0.116. The van der Waals surface area contributed by atoms with Crippen LogP contribution >= 0.6 is 11.8 Å². The van der Waals surface area contributed by atoms with Gasteiger partial charge in [-0.05, 0) is 49.2 Å². The van der Waals surface area contributed by atoms with Crippen LogP contribution in [-0.4, -0.2) is 33.0 Å². The number of aryl methyl sites for hydroxylation is 2. The van der Waals surface area contributed by atoms with Gasteiger partial charge in [-0.2, -0.15) is 5.26 Å². The third-order valence-corrected chi connectivity index (χ3v) is 6.31. The highest BCUT2D eigenvalue weighted by Crippen LogP contribution is 2.26. The van der Waals surface area contributed by atoms with Crippen LogP contribution in [0.1, 0.15) is 17.0 Å². The van der Waals surface area contributed by atoms with Gasteiger partial charge in [-0.25, -0.2) is 0 Å². The number of ether oxygens (including phenoxy) is 1. The Balaban J connectivity index is 1.56.